The minimum atomic E-state index is -0.564. The van der Waals surface area contributed by atoms with Crippen molar-refractivity contribution >= 4 is 11.7 Å². The molecule has 2 aromatic carbocycles. The molecule has 2 heterocycles. The average Bonchev–Trinajstić information content (AvgIpc) is 3.48. The minimum absolute atomic E-state index is 0.162. The lowest BCUT2D eigenvalue weighted by atomic mass is 10.0. The van der Waals surface area contributed by atoms with E-state index in [2.05, 4.69) is 66.4 Å². The van der Waals surface area contributed by atoms with Gasteiger partial charge in [0.1, 0.15) is 5.82 Å². The molecule has 7 nitrogen and oxygen atoms in total. The standard InChI is InChI=1S/C19H25N5O.C14H20O/c1-24-8-6-16(7-9-24)22-11-13-2-4-14(5-3-13)15-10-17(19(21)25)18(20)23-12-15;1-11-7-8-13(9-12(11)2)10-15-14-5-3-4-6-14/h2-5,10,12,16,22H,6-9,11H2,1H3,(H2,20,23)(H2,21,25);7-9,14H,3-6,10H2,1-2H3. The van der Waals surface area contributed by atoms with Gasteiger partial charge in [-0.1, -0.05) is 55.3 Å². The second-order valence-corrected chi connectivity index (χ2v) is 11.3. The number of carbonyl (C=O) groups is 1. The van der Waals surface area contributed by atoms with Gasteiger partial charge in [0.25, 0.3) is 5.91 Å². The maximum atomic E-state index is 11.4. The van der Waals surface area contributed by atoms with Crippen LogP contribution in [-0.2, 0) is 17.9 Å². The van der Waals surface area contributed by atoms with Gasteiger partial charge in [0.2, 0.25) is 0 Å². The van der Waals surface area contributed by atoms with Crippen LogP contribution < -0.4 is 16.8 Å². The number of hydrogen-bond donors (Lipinski definition) is 3. The van der Waals surface area contributed by atoms with E-state index in [0.29, 0.717) is 12.1 Å². The van der Waals surface area contributed by atoms with Crippen LogP contribution in [0.4, 0.5) is 5.82 Å². The predicted molar refractivity (Wildman–Crippen MR) is 163 cm³/mol. The Morgan fingerprint density at radius 1 is 0.950 bits per heavy atom. The van der Waals surface area contributed by atoms with E-state index < -0.39 is 5.91 Å². The molecule has 5 N–H and O–H groups in total. The number of primary amides is 1. The highest BCUT2D eigenvalue weighted by atomic mass is 16.5. The van der Waals surface area contributed by atoms with Crippen molar-refractivity contribution in [1.82, 2.24) is 15.2 Å². The van der Waals surface area contributed by atoms with Gasteiger partial charge < -0.3 is 26.4 Å². The highest BCUT2D eigenvalue weighted by Crippen LogP contribution is 2.23. The lowest BCUT2D eigenvalue weighted by molar-refractivity contribution is 0.0456. The molecule has 1 aromatic heterocycles. The van der Waals surface area contributed by atoms with Crippen LogP contribution in [0.3, 0.4) is 0 Å². The Morgan fingerprint density at radius 3 is 2.27 bits per heavy atom. The van der Waals surface area contributed by atoms with Crippen LogP contribution in [0.5, 0.6) is 0 Å². The lowest BCUT2D eigenvalue weighted by Crippen LogP contribution is -2.40. The van der Waals surface area contributed by atoms with Gasteiger partial charge in [0.15, 0.2) is 0 Å². The fraction of sp³-hybridized carbons (Fsp3) is 0.455. The van der Waals surface area contributed by atoms with Crippen LogP contribution in [0.1, 0.15) is 71.1 Å². The molecule has 0 atom stereocenters. The second kappa shape index (κ2) is 14.4. The topological polar surface area (TPSA) is 107 Å². The molecule has 1 aliphatic heterocycles. The molecule has 1 aliphatic carbocycles. The number of pyridine rings is 1. The van der Waals surface area contributed by atoms with Gasteiger partial charge in [-0.3, -0.25) is 4.79 Å². The van der Waals surface area contributed by atoms with Gasteiger partial charge in [0, 0.05) is 24.3 Å². The van der Waals surface area contributed by atoms with Gasteiger partial charge in [0.05, 0.1) is 18.3 Å². The maximum Gasteiger partial charge on any atom is 0.252 e. The number of rotatable bonds is 8. The number of nitrogen functional groups attached to an aromatic ring is 1. The van der Waals surface area contributed by atoms with Crippen molar-refractivity contribution in [2.45, 2.75) is 77.7 Å². The normalized spacial score (nSPS) is 16.5. The molecular weight excluding hydrogens is 498 g/mol. The van der Waals surface area contributed by atoms with Crippen molar-refractivity contribution in [1.29, 1.82) is 0 Å². The molecule has 0 unspecified atom stereocenters. The largest absolute Gasteiger partial charge is 0.383 e. The molecule has 5 rings (SSSR count). The molecule has 0 radical (unpaired) electrons. The van der Waals surface area contributed by atoms with E-state index in [1.807, 2.05) is 12.1 Å². The number of amides is 1. The molecule has 2 aliphatic rings. The SMILES string of the molecule is CN1CCC(NCc2ccc(-c3cnc(N)c(C(N)=O)c3)cc2)CC1.Cc1ccc(COC2CCCC2)cc1C. The van der Waals surface area contributed by atoms with Crippen molar-refractivity contribution in [3.8, 4) is 11.1 Å². The summed E-state index contributed by atoms with van der Waals surface area (Å²) in [5.41, 5.74) is 18.4. The first-order valence-electron chi connectivity index (χ1n) is 14.5. The Kier molecular flexibility index (Phi) is 10.7. The summed E-state index contributed by atoms with van der Waals surface area (Å²) in [6.45, 7) is 8.27. The van der Waals surface area contributed by atoms with Gasteiger partial charge in [-0.05, 0) is 93.6 Å². The Bertz CT molecular complexity index is 1250. The summed E-state index contributed by atoms with van der Waals surface area (Å²) in [6.07, 6.45) is 9.77. The molecule has 0 spiro atoms. The number of nitrogens with zero attached hydrogens (tertiary/aromatic N) is 2. The van der Waals surface area contributed by atoms with E-state index in [9.17, 15) is 4.79 Å². The number of hydrogen-bond acceptors (Lipinski definition) is 6. The van der Waals surface area contributed by atoms with Crippen molar-refractivity contribution in [3.63, 3.8) is 0 Å². The van der Waals surface area contributed by atoms with Crippen LogP contribution >= 0.6 is 0 Å². The van der Waals surface area contributed by atoms with Crippen LogP contribution in [0.25, 0.3) is 11.1 Å². The lowest BCUT2D eigenvalue weighted by Gasteiger charge is -2.29. The summed E-state index contributed by atoms with van der Waals surface area (Å²) in [4.78, 5) is 17.8. The Balaban J connectivity index is 0.000000210. The van der Waals surface area contributed by atoms with E-state index >= 15 is 0 Å². The summed E-state index contributed by atoms with van der Waals surface area (Å²) in [7, 11) is 2.17. The third kappa shape index (κ3) is 8.62. The summed E-state index contributed by atoms with van der Waals surface area (Å²) >= 11 is 0. The molecule has 0 bridgehead atoms. The first-order valence-corrected chi connectivity index (χ1v) is 14.5. The average molecular weight is 544 g/mol. The van der Waals surface area contributed by atoms with Gasteiger partial charge >= 0.3 is 0 Å². The summed E-state index contributed by atoms with van der Waals surface area (Å²) in [6, 6.07) is 17.1. The zero-order valence-corrected chi connectivity index (χ0v) is 24.3. The summed E-state index contributed by atoms with van der Waals surface area (Å²) in [5.74, 6) is -0.402. The molecule has 1 saturated carbocycles. The van der Waals surface area contributed by atoms with Crippen LogP contribution in [0, 0.1) is 13.8 Å². The maximum absolute atomic E-state index is 11.4. The summed E-state index contributed by atoms with van der Waals surface area (Å²) < 4.78 is 5.88. The van der Waals surface area contributed by atoms with E-state index in [1.54, 1.807) is 12.3 Å². The third-order valence-electron chi connectivity index (χ3n) is 8.14. The Morgan fingerprint density at radius 2 is 1.62 bits per heavy atom. The number of anilines is 1. The highest BCUT2D eigenvalue weighted by molar-refractivity contribution is 5.98. The monoisotopic (exact) mass is 543 g/mol. The molecule has 1 saturated heterocycles. The number of aryl methyl sites for hydroxylation is 2. The van der Waals surface area contributed by atoms with E-state index in [-0.39, 0.29) is 11.4 Å². The fourth-order valence-corrected chi connectivity index (χ4v) is 5.28. The number of nitrogens with one attached hydrogen (secondary N) is 1. The highest BCUT2D eigenvalue weighted by Gasteiger charge is 2.16. The molecule has 40 heavy (non-hydrogen) atoms. The predicted octanol–water partition coefficient (Wildman–Crippen LogP) is 5.38. The fourth-order valence-electron chi connectivity index (χ4n) is 5.28. The third-order valence-corrected chi connectivity index (χ3v) is 8.14. The Labute approximate surface area is 239 Å². The zero-order chi connectivity index (χ0) is 28.5. The van der Waals surface area contributed by atoms with E-state index in [4.69, 9.17) is 16.2 Å². The number of nitrogens with two attached hydrogens (primary N) is 2. The van der Waals surface area contributed by atoms with Crippen LogP contribution in [-0.4, -0.2) is 48.1 Å². The number of aromatic nitrogens is 1. The second-order valence-electron chi connectivity index (χ2n) is 11.3. The zero-order valence-electron chi connectivity index (χ0n) is 24.3. The quantitative estimate of drug-likeness (QED) is 0.352. The van der Waals surface area contributed by atoms with Gasteiger partial charge in [-0.15, -0.1) is 0 Å². The molecule has 7 heteroatoms. The Hall–Kier alpha value is -3.26. The van der Waals surface area contributed by atoms with Crippen molar-refractivity contribution in [2.24, 2.45) is 5.73 Å². The first-order chi connectivity index (χ1) is 19.3. The van der Waals surface area contributed by atoms with Gasteiger partial charge in [-0.2, -0.15) is 0 Å². The molecule has 2 fully saturated rings. The van der Waals surface area contributed by atoms with Crippen LogP contribution in [0.15, 0.2) is 54.7 Å². The van der Waals surface area contributed by atoms with E-state index in [0.717, 1.165) is 37.4 Å². The van der Waals surface area contributed by atoms with E-state index in [1.165, 1.54) is 60.8 Å². The molecule has 214 valence electrons. The number of piperidine rings is 1. The molecule has 1 amide bonds. The number of benzene rings is 2. The summed E-state index contributed by atoms with van der Waals surface area (Å²) in [5, 5.41) is 3.63. The number of carbonyl (C=O) groups excluding carboxylic acids is 1. The first kappa shape index (κ1) is 29.7. The van der Waals surface area contributed by atoms with Crippen molar-refractivity contribution in [2.75, 3.05) is 25.9 Å². The number of likely N-dealkylation sites (tertiary alicyclic amines) is 1. The van der Waals surface area contributed by atoms with Gasteiger partial charge in [-0.25, -0.2) is 4.98 Å². The van der Waals surface area contributed by atoms with Crippen LogP contribution in [0.2, 0.25) is 0 Å². The van der Waals surface area contributed by atoms with Crippen molar-refractivity contribution in [3.05, 3.63) is 82.5 Å². The smallest absolute Gasteiger partial charge is 0.252 e. The molecule has 3 aromatic rings. The van der Waals surface area contributed by atoms with Crippen molar-refractivity contribution < 1.29 is 9.53 Å². The molecular formula is C33H45N5O2. The number of ether oxygens (including phenoxy) is 1. The minimum Gasteiger partial charge on any atom is -0.383 e.